The highest BCUT2D eigenvalue weighted by Gasteiger charge is 2.20. The first-order valence-electron chi connectivity index (χ1n) is 7.32. The van der Waals surface area contributed by atoms with Crippen molar-refractivity contribution in [2.24, 2.45) is 5.92 Å². The summed E-state index contributed by atoms with van der Waals surface area (Å²) >= 11 is 0. The van der Waals surface area contributed by atoms with Crippen LogP contribution in [0.2, 0.25) is 0 Å². The smallest absolute Gasteiger partial charge is 0.306 e. The quantitative estimate of drug-likeness (QED) is 0.784. The van der Waals surface area contributed by atoms with Gasteiger partial charge in [0.2, 0.25) is 0 Å². The lowest BCUT2D eigenvalue weighted by molar-refractivity contribution is -0.156. The van der Waals surface area contributed by atoms with Crippen LogP contribution in [-0.4, -0.2) is 37.5 Å². The van der Waals surface area contributed by atoms with E-state index in [2.05, 4.69) is 0 Å². The summed E-state index contributed by atoms with van der Waals surface area (Å²) < 4.78 is 15.7. The molecule has 0 aliphatic carbocycles. The van der Waals surface area contributed by atoms with Gasteiger partial charge in [0, 0.05) is 6.61 Å². The summed E-state index contributed by atoms with van der Waals surface area (Å²) in [5.74, 6) is 0.799. The summed E-state index contributed by atoms with van der Waals surface area (Å²) in [6, 6.07) is 5.58. The third kappa shape index (κ3) is 5.93. The number of carbonyl (C=O) groups excluding carboxylic acids is 1. The SMILES string of the molecule is COc1ccc(C[C@@H](CO)CC(=O)OC(C)(C)C)cc1OC. The Morgan fingerprint density at radius 3 is 2.32 bits per heavy atom. The molecule has 1 rings (SSSR count). The van der Waals surface area contributed by atoms with Crippen LogP contribution in [0.1, 0.15) is 32.8 Å². The zero-order chi connectivity index (χ0) is 16.8. The standard InChI is InChI=1S/C17H26O5/c1-17(2,3)22-16(19)10-13(11-18)8-12-6-7-14(20-4)15(9-12)21-5/h6-7,9,13,18H,8,10-11H2,1-5H3/t13-/m1/s1. The summed E-state index contributed by atoms with van der Waals surface area (Å²) in [6.07, 6.45) is 0.748. The summed E-state index contributed by atoms with van der Waals surface area (Å²) in [5.41, 5.74) is 0.459. The van der Waals surface area contributed by atoms with E-state index in [1.54, 1.807) is 14.2 Å². The van der Waals surface area contributed by atoms with Gasteiger partial charge >= 0.3 is 5.97 Å². The molecular formula is C17H26O5. The lowest BCUT2D eigenvalue weighted by Gasteiger charge is -2.21. The van der Waals surface area contributed by atoms with E-state index in [1.165, 1.54) is 0 Å². The Hall–Kier alpha value is -1.75. The Morgan fingerprint density at radius 2 is 1.82 bits per heavy atom. The molecule has 0 aromatic heterocycles. The molecule has 0 spiro atoms. The Bertz CT molecular complexity index is 490. The minimum absolute atomic E-state index is 0.0758. The van der Waals surface area contributed by atoms with Crippen molar-refractivity contribution in [1.29, 1.82) is 0 Å². The molecule has 124 valence electrons. The summed E-state index contributed by atoms with van der Waals surface area (Å²) in [5, 5.41) is 9.50. The van der Waals surface area contributed by atoms with Gasteiger partial charge in [-0.15, -0.1) is 0 Å². The number of hydrogen-bond donors (Lipinski definition) is 1. The van der Waals surface area contributed by atoms with Gasteiger partial charge in [0.25, 0.3) is 0 Å². The second-order valence-electron chi connectivity index (χ2n) is 6.23. The van der Waals surface area contributed by atoms with E-state index in [9.17, 15) is 9.90 Å². The first kappa shape index (κ1) is 18.3. The van der Waals surface area contributed by atoms with Crippen LogP contribution < -0.4 is 9.47 Å². The van der Waals surface area contributed by atoms with Crippen LogP contribution in [0.4, 0.5) is 0 Å². The molecule has 1 N–H and O–H groups in total. The third-order valence-electron chi connectivity index (χ3n) is 3.11. The summed E-state index contributed by atoms with van der Waals surface area (Å²) in [7, 11) is 3.16. The zero-order valence-electron chi connectivity index (χ0n) is 14.0. The van der Waals surface area contributed by atoms with E-state index in [1.807, 2.05) is 39.0 Å². The Balaban J connectivity index is 2.72. The van der Waals surface area contributed by atoms with Crippen LogP contribution in [0.5, 0.6) is 11.5 Å². The molecule has 1 aromatic carbocycles. The van der Waals surface area contributed by atoms with Crippen molar-refractivity contribution in [1.82, 2.24) is 0 Å². The van der Waals surface area contributed by atoms with Gasteiger partial charge in [0.1, 0.15) is 5.60 Å². The molecule has 5 nitrogen and oxygen atoms in total. The van der Waals surface area contributed by atoms with Crippen LogP contribution >= 0.6 is 0 Å². The van der Waals surface area contributed by atoms with E-state index in [0.29, 0.717) is 17.9 Å². The van der Waals surface area contributed by atoms with Crippen molar-refractivity contribution in [3.63, 3.8) is 0 Å². The third-order valence-corrected chi connectivity index (χ3v) is 3.11. The van der Waals surface area contributed by atoms with E-state index in [0.717, 1.165) is 5.56 Å². The molecule has 0 fully saturated rings. The van der Waals surface area contributed by atoms with Gasteiger partial charge in [-0.2, -0.15) is 0 Å². The van der Waals surface area contributed by atoms with Crippen LogP contribution in [0.15, 0.2) is 18.2 Å². The molecule has 0 amide bonds. The van der Waals surface area contributed by atoms with E-state index in [4.69, 9.17) is 14.2 Å². The molecule has 0 unspecified atom stereocenters. The first-order chi connectivity index (χ1) is 10.3. The Labute approximate surface area is 132 Å². The van der Waals surface area contributed by atoms with E-state index < -0.39 is 5.60 Å². The molecule has 5 heteroatoms. The maximum absolute atomic E-state index is 11.9. The van der Waals surface area contributed by atoms with Crippen molar-refractivity contribution in [3.05, 3.63) is 23.8 Å². The fourth-order valence-corrected chi connectivity index (χ4v) is 2.16. The van der Waals surface area contributed by atoms with Gasteiger partial charge in [-0.1, -0.05) is 6.07 Å². The second kappa shape index (κ2) is 8.03. The molecule has 0 bridgehead atoms. The number of methoxy groups -OCH3 is 2. The summed E-state index contributed by atoms with van der Waals surface area (Å²) in [6.45, 7) is 5.40. The lowest BCUT2D eigenvalue weighted by Crippen LogP contribution is -2.26. The highest BCUT2D eigenvalue weighted by Crippen LogP contribution is 2.29. The molecule has 0 aliphatic rings. The molecule has 0 radical (unpaired) electrons. The molecule has 0 saturated carbocycles. The number of hydrogen-bond acceptors (Lipinski definition) is 5. The fourth-order valence-electron chi connectivity index (χ4n) is 2.16. The number of benzene rings is 1. The predicted octanol–water partition coefficient (Wildman–Crippen LogP) is 2.59. The van der Waals surface area contributed by atoms with Gasteiger partial charge in [-0.05, 0) is 50.8 Å². The van der Waals surface area contributed by atoms with Gasteiger partial charge in [-0.3, -0.25) is 4.79 Å². The van der Waals surface area contributed by atoms with Crippen molar-refractivity contribution in [3.8, 4) is 11.5 Å². The van der Waals surface area contributed by atoms with Crippen molar-refractivity contribution in [2.75, 3.05) is 20.8 Å². The van der Waals surface area contributed by atoms with Crippen LogP contribution in [-0.2, 0) is 16.0 Å². The van der Waals surface area contributed by atoms with E-state index in [-0.39, 0.29) is 24.9 Å². The number of aliphatic hydroxyl groups excluding tert-OH is 1. The lowest BCUT2D eigenvalue weighted by atomic mass is 9.96. The average Bonchev–Trinajstić information content (AvgIpc) is 2.44. The number of aliphatic hydroxyl groups is 1. The number of esters is 1. The van der Waals surface area contributed by atoms with Crippen molar-refractivity contribution >= 4 is 5.97 Å². The van der Waals surface area contributed by atoms with Crippen LogP contribution in [0.25, 0.3) is 0 Å². The predicted molar refractivity (Wildman–Crippen MR) is 84.3 cm³/mol. The Morgan fingerprint density at radius 1 is 1.18 bits per heavy atom. The maximum atomic E-state index is 11.9. The molecule has 0 aliphatic heterocycles. The average molecular weight is 310 g/mol. The molecule has 1 aromatic rings. The molecule has 22 heavy (non-hydrogen) atoms. The minimum Gasteiger partial charge on any atom is -0.493 e. The van der Waals surface area contributed by atoms with Gasteiger partial charge in [0.15, 0.2) is 11.5 Å². The van der Waals surface area contributed by atoms with Crippen molar-refractivity contribution < 1.29 is 24.1 Å². The van der Waals surface area contributed by atoms with Gasteiger partial charge in [-0.25, -0.2) is 0 Å². The van der Waals surface area contributed by atoms with Gasteiger partial charge < -0.3 is 19.3 Å². The second-order valence-corrected chi connectivity index (χ2v) is 6.23. The molecule has 0 saturated heterocycles. The zero-order valence-corrected chi connectivity index (χ0v) is 14.0. The van der Waals surface area contributed by atoms with E-state index >= 15 is 0 Å². The summed E-state index contributed by atoms with van der Waals surface area (Å²) in [4.78, 5) is 11.9. The Kier molecular flexibility index (Phi) is 6.68. The largest absolute Gasteiger partial charge is 0.493 e. The monoisotopic (exact) mass is 310 g/mol. The number of carbonyl (C=O) groups is 1. The fraction of sp³-hybridized carbons (Fsp3) is 0.588. The number of rotatable bonds is 7. The van der Waals surface area contributed by atoms with Crippen molar-refractivity contribution in [2.45, 2.75) is 39.2 Å². The molecular weight excluding hydrogens is 284 g/mol. The maximum Gasteiger partial charge on any atom is 0.306 e. The molecule has 1 atom stereocenters. The number of ether oxygens (including phenoxy) is 3. The normalized spacial score (nSPS) is 12.6. The first-order valence-corrected chi connectivity index (χ1v) is 7.32. The van der Waals surface area contributed by atoms with Crippen LogP contribution in [0.3, 0.4) is 0 Å². The van der Waals surface area contributed by atoms with Gasteiger partial charge in [0.05, 0.1) is 20.6 Å². The highest BCUT2D eigenvalue weighted by atomic mass is 16.6. The molecule has 0 heterocycles. The topological polar surface area (TPSA) is 65.0 Å². The highest BCUT2D eigenvalue weighted by molar-refractivity contribution is 5.70. The minimum atomic E-state index is -0.513. The van der Waals surface area contributed by atoms with Crippen LogP contribution in [0, 0.1) is 5.92 Å².